The van der Waals surface area contributed by atoms with Crippen LogP contribution in [0.15, 0.2) is 47.6 Å². The van der Waals surface area contributed by atoms with Crippen LogP contribution in [0, 0.1) is 0 Å². The third-order valence-electron chi connectivity index (χ3n) is 4.63. The highest BCUT2D eigenvalue weighted by Gasteiger charge is 2.35. The molecule has 1 unspecified atom stereocenters. The molecule has 2 aromatic rings. The number of nitrogens with zero attached hydrogens (tertiary/aromatic N) is 2. The number of rotatable bonds is 7. The number of carbonyl (C=O) groups is 1. The number of guanidine groups is 1. The second-order valence-electron chi connectivity index (χ2n) is 6.89. The van der Waals surface area contributed by atoms with Gasteiger partial charge < -0.3 is 20.7 Å². The number of anilines is 1. The van der Waals surface area contributed by atoms with E-state index in [4.69, 9.17) is 4.74 Å². The smallest absolute Gasteiger partial charge is 0.421 e. The molecule has 0 saturated carbocycles. The number of alkyl halides is 3. The molecule has 0 fully saturated rings. The average Bonchev–Trinajstić information content (AvgIpc) is 2.74. The second-order valence-corrected chi connectivity index (χ2v) is 6.89. The van der Waals surface area contributed by atoms with Gasteiger partial charge in [0.25, 0.3) is 0 Å². The van der Waals surface area contributed by atoms with Crippen LogP contribution in [0.5, 0.6) is 5.88 Å². The van der Waals surface area contributed by atoms with Crippen molar-refractivity contribution >= 4 is 41.5 Å². The predicted octanol–water partition coefficient (Wildman–Crippen LogP) is 3.78. The fourth-order valence-corrected chi connectivity index (χ4v) is 3.25. The monoisotopic (exact) mass is 563 g/mol. The van der Waals surface area contributed by atoms with Gasteiger partial charge in [0.2, 0.25) is 11.8 Å². The Morgan fingerprint density at radius 1 is 1.25 bits per heavy atom. The van der Waals surface area contributed by atoms with Gasteiger partial charge in [0.1, 0.15) is 12.2 Å². The van der Waals surface area contributed by atoms with Crippen LogP contribution in [0.2, 0.25) is 0 Å². The zero-order chi connectivity index (χ0) is 22.3. The number of amides is 1. The molecule has 11 heteroatoms. The Morgan fingerprint density at radius 2 is 2.03 bits per heavy atom. The molecule has 0 aliphatic carbocycles. The van der Waals surface area contributed by atoms with Crippen molar-refractivity contribution in [3.63, 3.8) is 0 Å². The van der Waals surface area contributed by atoms with Gasteiger partial charge in [-0.15, -0.1) is 24.0 Å². The Morgan fingerprint density at radius 3 is 2.78 bits per heavy atom. The lowest BCUT2D eigenvalue weighted by atomic mass is 9.91. The number of benzene rings is 1. The van der Waals surface area contributed by atoms with Crippen molar-refractivity contribution in [3.05, 3.63) is 53.7 Å². The van der Waals surface area contributed by atoms with Crippen LogP contribution in [0.1, 0.15) is 30.4 Å². The largest absolute Gasteiger partial charge is 0.475 e. The van der Waals surface area contributed by atoms with Gasteiger partial charge in [0, 0.05) is 30.8 Å². The topological polar surface area (TPSA) is 87.6 Å². The first kappa shape index (κ1) is 25.7. The molecule has 174 valence electrons. The van der Waals surface area contributed by atoms with E-state index in [1.165, 1.54) is 12.3 Å². The quantitative estimate of drug-likeness (QED) is 0.207. The van der Waals surface area contributed by atoms with Crippen molar-refractivity contribution in [2.24, 2.45) is 4.99 Å². The first-order valence-electron chi connectivity index (χ1n) is 9.94. The first-order chi connectivity index (χ1) is 14.9. The molecule has 0 radical (unpaired) electrons. The van der Waals surface area contributed by atoms with Gasteiger partial charge in [-0.05, 0) is 30.7 Å². The van der Waals surface area contributed by atoms with Crippen molar-refractivity contribution in [2.45, 2.75) is 25.4 Å². The summed E-state index contributed by atoms with van der Waals surface area (Å²) < 4.78 is 44.2. The summed E-state index contributed by atoms with van der Waals surface area (Å²) in [6, 6.07) is 9.75. The highest BCUT2D eigenvalue weighted by Crippen LogP contribution is 2.34. The lowest BCUT2D eigenvalue weighted by Gasteiger charge is -2.24. The molecule has 3 rings (SSSR count). The van der Waals surface area contributed by atoms with E-state index in [9.17, 15) is 18.0 Å². The predicted molar refractivity (Wildman–Crippen MR) is 127 cm³/mol. The van der Waals surface area contributed by atoms with E-state index in [2.05, 4.69) is 25.9 Å². The van der Waals surface area contributed by atoms with Crippen LogP contribution in [0.3, 0.4) is 0 Å². The zero-order valence-corrected chi connectivity index (χ0v) is 19.7. The van der Waals surface area contributed by atoms with Crippen LogP contribution in [0.25, 0.3) is 0 Å². The number of nitrogens with one attached hydrogen (secondary N) is 3. The van der Waals surface area contributed by atoms with Crippen LogP contribution in [0.4, 0.5) is 18.9 Å². The maximum atomic E-state index is 13.0. The van der Waals surface area contributed by atoms with Gasteiger partial charge in [-0.2, -0.15) is 13.2 Å². The molecule has 32 heavy (non-hydrogen) atoms. The van der Waals surface area contributed by atoms with Gasteiger partial charge >= 0.3 is 6.18 Å². The summed E-state index contributed by atoms with van der Waals surface area (Å²) in [7, 11) is 0. The van der Waals surface area contributed by atoms with Crippen LogP contribution < -0.4 is 20.7 Å². The molecule has 1 aliphatic heterocycles. The number of fused-ring (bicyclic) bond motifs is 1. The third kappa shape index (κ3) is 6.97. The molecule has 1 aromatic carbocycles. The average molecular weight is 563 g/mol. The highest BCUT2D eigenvalue weighted by atomic mass is 127. The molecular formula is C21H25F3IN5O2. The van der Waals surface area contributed by atoms with E-state index in [1.54, 1.807) is 0 Å². The third-order valence-corrected chi connectivity index (χ3v) is 4.63. The van der Waals surface area contributed by atoms with Gasteiger partial charge in [-0.3, -0.25) is 9.79 Å². The Labute approximate surface area is 201 Å². The summed E-state index contributed by atoms with van der Waals surface area (Å²) in [4.78, 5) is 20.2. The maximum absolute atomic E-state index is 13.0. The first-order valence-corrected chi connectivity index (χ1v) is 9.94. The number of aliphatic imine (C=N–C) groups is 1. The van der Waals surface area contributed by atoms with E-state index in [1.807, 2.05) is 31.2 Å². The molecule has 0 spiro atoms. The fraction of sp³-hybridized carbons (Fsp3) is 0.381. The summed E-state index contributed by atoms with van der Waals surface area (Å²) in [6.07, 6.45) is -2.94. The van der Waals surface area contributed by atoms with E-state index < -0.39 is 17.6 Å². The van der Waals surface area contributed by atoms with Gasteiger partial charge in [-0.1, -0.05) is 18.2 Å². The normalized spacial score (nSPS) is 15.8. The van der Waals surface area contributed by atoms with Gasteiger partial charge in [0.05, 0.1) is 13.1 Å². The number of para-hydroxylation sites is 1. The molecule has 2 heterocycles. The number of ether oxygens (including phenoxy) is 1. The minimum absolute atomic E-state index is 0. The minimum atomic E-state index is -4.53. The van der Waals surface area contributed by atoms with Gasteiger partial charge in [-0.25, -0.2) is 4.98 Å². The standard InChI is InChI=1S/C21H24F3N5O2.HI/c1-2-25-20(27-10-11-31-19-16(21(22,23)24)7-5-9-26-19)28-13-14-12-18(30)29-17-8-4-3-6-15(14)17;/h3-9,14H,2,10-13H2,1H3,(H,29,30)(H2,25,27,28);1H. The van der Waals surface area contributed by atoms with Crippen molar-refractivity contribution in [1.82, 2.24) is 15.6 Å². The second kappa shape index (κ2) is 11.9. The highest BCUT2D eigenvalue weighted by molar-refractivity contribution is 14.0. The Kier molecular flexibility index (Phi) is 9.54. The summed E-state index contributed by atoms with van der Waals surface area (Å²) in [5, 5.41) is 8.96. The van der Waals surface area contributed by atoms with E-state index in [-0.39, 0.29) is 49.0 Å². The zero-order valence-electron chi connectivity index (χ0n) is 17.4. The molecule has 1 amide bonds. The SMILES string of the molecule is CCNC(=NCC1CC(=O)Nc2ccccc21)NCCOc1ncccc1C(F)(F)F.I. The summed E-state index contributed by atoms with van der Waals surface area (Å²) in [5.41, 5.74) is 0.908. The van der Waals surface area contributed by atoms with Crippen molar-refractivity contribution in [1.29, 1.82) is 0 Å². The van der Waals surface area contributed by atoms with Crippen LogP contribution >= 0.6 is 24.0 Å². The molecular weight excluding hydrogens is 538 g/mol. The Hall–Kier alpha value is -2.57. The lowest BCUT2D eigenvalue weighted by molar-refractivity contribution is -0.139. The molecule has 1 aromatic heterocycles. The summed E-state index contributed by atoms with van der Waals surface area (Å²) in [5.74, 6) is -0.0733. The minimum Gasteiger partial charge on any atom is -0.475 e. The number of hydrogen-bond acceptors (Lipinski definition) is 4. The van der Waals surface area contributed by atoms with E-state index >= 15 is 0 Å². The number of carbonyl (C=O) groups excluding carboxylic acids is 1. The molecule has 1 atom stereocenters. The molecule has 1 aliphatic rings. The molecule has 0 bridgehead atoms. The van der Waals surface area contributed by atoms with Crippen LogP contribution in [-0.4, -0.2) is 43.1 Å². The number of pyridine rings is 1. The number of hydrogen-bond donors (Lipinski definition) is 3. The van der Waals surface area contributed by atoms with E-state index in [0.29, 0.717) is 25.5 Å². The number of aromatic nitrogens is 1. The maximum Gasteiger partial charge on any atom is 0.421 e. The van der Waals surface area contributed by atoms with Gasteiger partial charge in [0.15, 0.2) is 5.96 Å². The van der Waals surface area contributed by atoms with E-state index in [0.717, 1.165) is 17.3 Å². The molecule has 0 saturated heterocycles. The van der Waals surface area contributed by atoms with Crippen molar-refractivity contribution in [3.8, 4) is 5.88 Å². The fourth-order valence-electron chi connectivity index (χ4n) is 3.25. The molecule has 7 nitrogen and oxygen atoms in total. The number of halogens is 4. The van der Waals surface area contributed by atoms with Crippen molar-refractivity contribution in [2.75, 3.05) is 31.6 Å². The summed E-state index contributed by atoms with van der Waals surface area (Å²) in [6.45, 7) is 3.09. The molecule has 3 N–H and O–H groups in total. The lowest BCUT2D eigenvalue weighted by Crippen LogP contribution is -2.39. The van der Waals surface area contributed by atoms with Crippen LogP contribution in [-0.2, 0) is 11.0 Å². The summed E-state index contributed by atoms with van der Waals surface area (Å²) >= 11 is 0. The Bertz CT molecular complexity index is 940. The van der Waals surface area contributed by atoms with Crippen molar-refractivity contribution < 1.29 is 22.7 Å². The Balaban J connectivity index is 0.00000363.